The molecule has 0 saturated heterocycles. The van der Waals surface area contributed by atoms with Crippen molar-refractivity contribution in [3.63, 3.8) is 0 Å². The Balaban J connectivity index is 1.98. The fraction of sp³-hybridized carbons (Fsp3) is 0.429. The first kappa shape index (κ1) is 14.5. The highest BCUT2D eigenvalue weighted by atomic mass is 19.1. The van der Waals surface area contributed by atoms with Gasteiger partial charge in [0.25, 0.3) is 0 Å². The monoisotopic (exact) mass is 278 g/mol. The van der Waals surface area contributed by atoms with Crippen LogP contribution < -0.4 is 10.1 Å². The molecule has 0 aliphatic heterocycles. The molecule has 0 atom stereocenters. The maximum Gasteiger partial charge on any atom is 0.164 e. The maximum absolute atomic E-state index is 13.5. The van der Waals surface area contributed by atoms with E-state index in [1.807, 2.05) is 6.07 Å². The number of hydrogen-bond acceptors (Lipinski definition) is 4. The van der Waals surface area contributed by atoms with Crippen molar-refractivity contribution in [1.29, 1.82) is 0 Å². The van der Waals surface area contributed by atoms with E-state index in [1.54, 1.807) is 11.7 Å². The number of ether oxygens (including phenoxy) is 1. The average Bonchev–Trinajstić information content (AvgIpc) is 2.82. The minimum atomic E-state index is -0.297. The van der Waals surface area contributed by atoms with E-state index in [9.17, 15) is 4.39 Å². The van der Waals surface area contributed by atoms with E-state index in [2.05, 4.69) is 22.3 Å². The van der Waals surface area contributed by atoms with Gasteiger partial charge in [0.05, 0.1) is 0 Å². The van der Waals surface area contributed by atoms with E-state index in [0.717, 1.165) is 18.5 Å². The van der Waals surface area contributed by atoms with Crippen molar-refractivity contribution < 1.29 is 9.13 Å². The van der Waals surface area contributed by atoms with Gasteiger partial charge in [0, 0.05) is 19.7 Å². The fourth-order valence-corrected chi connectivity index (χ4v) is 1.81. The molecule has 0 fully saturated rings. The summed E-state index contributed by atoms with van der Waals surface area (Å²) in [6.07, 6.45) is 2.51. The van der Waals surface area contributed by atoms with Crippen LogP contribution in [0.3, 0.4) is 0 Å². The maximum atomic E-state index is 13.5. The second kappa shape index (κ2) is 7.00. The van der Waals surface area contributed by atoms with Crippen LogP contribution >= 0.6 is 0 Å². The van der Waals surface area contributed by atoms with Crippen LogP contribution in [0.5, 0.6) is 5.75 Å². The summed E-state index contributed by atoms with van der Waals surface area (Å²) >= 11 is 0. The van der Waals surface area contributed by atoms with Crippen molar-refractivity contribution in [2.75, 3.05) is 6.54 Å². The molecule has 0 saturated carbocycles. The quantitative estimate of drug-likeness (QED) is 0.787. The molecule has 6 heteroatoms. The zero-order valence-corrected chi connectivity index (χ0v) is 11.8. The van der Waals surface area contributed by atoms with Gasteiger partial charge in [-0.3, -0.25) is 4.68 Å². The highest BCUT2D eigenvalue weighted by Crippen LogP contribution is 2.17. The van der Waals surface area contributed by atoms with Gasteiger partial charge < -0.3 is 10.1 Å². The predicted molar refractivity (Wildman–Crippen MR) is 73.7 cm³/mol. The smallest absolute Gasteiger partial charge is 0.164 e. The van der Waals surface area contributed by atoms with Crippen LogP contribution in [0, 0.1) is 5.82 Å². The number of aryl methyl sites for hydroxylation is 1. The zero-order valence-electron chi connectivity index (χ0n) is 11.8. The molecule has 0 spiro atoms. The number of hydrogen-bond donors (Lipinski definition) is 1. The van der Waals surface area contributed by atoms with Crippen LogP contribution in [0.1, 0.15) is 24.7 Å². The summed E-state index contributed by atoms with van der Waals surface area (Å²) in [4.78, 5) is 4.06. The Labute approximate surface area is 117 Å². The first-order chi connectivity index (χ1) is 9.69. The number of nitrogens with one attached hydrogen (secondary N) is 1. The molecule has 0 amide bonds. The van der Waals surface area contributed by atoms with Gasteiger partial charge in [-0.1, -0.05) is 6.92 Å². The predicted octanol–water partition coefficient (Wildman–Crippen LogP) is 2.03. The summed E-state index contributed by atoms with van der Waals surface area (Å²) in [6.45, 7) is 3.90. The average molecular weight is 278 g/mol. The van der Waals surface area contributed by atoms with Gasteiger partial charge in [-0.15, -0.1) is 0 Å². The topological polar surface area (TPSA) is 52.0 Å². The number of halogens is 1. The van der Waals surface area contributed by atoms with E-state index in [1.165, 1.54) is 18.5 Å². The van der Waals surface area contributed by atoms with Crippen molar-refractivity contribution >= 4 is 0 Å². The molecular formula is C14H19FN4O. The number of benzene rings is 1. The summed E-state index contributed by atoms with van der Waals surface area (Å²) in [5.41, 5.74) is 0.867. The van der Waals surface area contributed by atoms with Gasteiger partial charge in [-0.25, -0.2) is 9.37 Å². The fourth-order valence-electron chi connectivity index (χ4n) is 1.81. The Hall–Kier alpha value is -1.95. The molecule has 108 valence electrons. The van der Waals surface area contributed by atoms with Crippen LogP contribution in [0.4, 0.5) is 4.39 Å². The van der Waals surface area contributed by atoms with Crippen LogP contribution in [-0.4, -0.2) is 21.3 Å². The first-order valence-corrected chi connectivity index (χ1v) is 6.65. The standard InChI is InChI=1S/C14H19FN4O/c1-3-4-16-8-11-5-12(15)7-13(6-11)20-9-14-17-10-18-19(14)2/h5-7,10,16H,3-4,8-9H2,1-2H3. The largest absolute Gasteiger partial charge is 0.486 e. The third-order valence-electron chi connectivity index (χ3n) is 2.86. The second-order valence-electron chi connectivity index (χ2n) is 4.56. The zero-order chi connectivity index (χ0) is 14.4. The van der Waals surface area contributed by atoms with E-state index < -0.39 is 0 Å². The highest BCUT2D eigenvalue weighted by Gasteiger charge is 2.05. The summed E-state index contributed by atoms with van der Waals surface area (Å²) in [6, 6.07) is 4.72. The van der Waals surface area contributed by atoms with Gasteiger partial charge in [0.2, 0.25) is 0 Å². The first-order valence-electron chi connectivity index (χ1n) is 6.65. The number of aromatic nitrogens is 3. The molecule has 5 nitrogen and oxygen atoms in total. The van der Waals surface area contributed by atoms with Gasteiger partial charge >= 0.3 is 0 Å². The van der Waals surface area contributed by atoms with Gasteiger partial charge in [0.15, 0.2) is 5.82 Å². The molecule has 20 heavy (non-hydrogen) atoms. The molecule has 2 rings (SSSR count). The van der Waals surface area contributed by atoms with Gasteiger partial charge in [-0.2, -0.15) is 5.10 Å². The molecule has 0 aliphatic rings. The summed E-state index contributed by atoms with van der Waals surface area (Å²) < 4.78 is 20.7. The molecular weight excluding hydrogens is 259 g/mol. The molecule has 1 aromatic heterocycles. The van der Waals surface area contributed by atoms with Crippen molar-refractivity contribution in [3.05, 3.63) is 41.7 Å². The van der Waals surface area contributed by atoms with Crippen molar-refractivity contribution in [1.82, 2.24) is 20.1 Å². The lowest BCUT2D eigenvalue weighted by Gasteiger charge is -2.09. The normalized spacial score (nSPS) is 10.8. The third-order valence-corrected chi connectivity index (χ3v) is 2.86. The van der Waals surface area contributed by atoms with E-state index in [-0.39, 0.29) is 12.4 Å². The Kier molecular flexibility index (Phi) is 5.06. The van der Waals surface area contributed by atoms with Crippen molar-refractivity contribution in [2.45, 2.75) is 26.5 Å². The summed E-state index contributed by atoms with van der Waals surface area (Å²) in [5, 5.41) is 7.19. The van der Waals surface area contributed by atoms with Crippen LogP contribution in [0.2, 0.25) is 0 Å². The van der Waals surface area contributed by atoms with Gasteiger partial charge in [0.1, 0.15) is 24.5 Å². The lowest BCUT2D eigenvalue weighted by atomic mass is 10.2. The minimum absolute atomic E-state index is 0.266. The SMILES string of the molecule is CCCNCc1cc(F)cc(OCc2ncnn2C)c1. The highest BCUT2D eigenvalue weighted by molar-refractivity contribution is 5.29. The Morgan fingerprint density at radius 2 is 2.20 bits per heavy atom. The molecule has 0 unspecified atom stereocenters. The molecule has 0 bridgehead atoms. The molecule has 1 aromatic carbocycles. The summed E-state index contributed by atoms with van der Waals surface area (Å²) in [5.74, 6) is 0.898. The van der Waals surface area contributed by atoms with Crippen LogP contribution in [-0.2, 0) is 20.2 Å². The van der Waals surface area contributed by atoms with E-state index in [0.29, 0.717) is 18.1 Å². The lowest BCUT2D eigenvalue weighted by Crippen LogP contribution is -2.14. The number of nitrogens with zero attached hydrogens (tertiary/aromatic N) is 3. The minimum Gasteiger partial charge on any atom is -0.486 e. The second-order valence-corrected chi connectivity index (χ2v) is 4.56. The van der Waals surface area contributed by atoms with Crippen molar-refractivity contribution in [3.8, 4) is 5.75 Å². The van der Waals surface area contributed by atoms with E-state index in [4.69, 9.17) is 4.74 Å². The lowest BCUT2D eigenvalue weighted by molar-refractivity contribution is 0.288. The van der Waals surface area contributed by atoms with Crippen LogP contribution in [0.15, 0.2) is 24.5 Å². The Morgan fingerprint density at radius 3 is 2.90 bits per heavy atom. The summed E-state index contributed by atoms with van der Waals surface area (Å²) in [7, 11) is 1.79. The van der Waals surface area contributed by atoms with Gasteiger partial charge in [-0.05, 0) is 30.7 Å². The Morgan fingerprint density at radius 1 is 1.35 bits per heavy atom. The van der Waals surface area contributed by atoms with E-state index >= 15 is 0 Å². The van der Waals surface area contributed by atoms with Crippen LogP contribution in [0.25, 0.3) is 0 Å². The molecule has 0 radical (unpaired) electrons. The molecule has 1 N–H and O–H groups in total. The molecule has 2 aromatic rings. The third kappa shape index (κ3) is 4.03. The number of rotatable bonds is 7. The van der Waals surface area contributed by atoms with Crippen molar-refractivity contribution in [2.24, 2.45) is 7.05 Å². The molecule has 0 aliphatic carbocycles. The Bertz CT molecular complexity index is 556. The molecule has 1 heterocycles.